The van der Waals surface area contributed by atoms with Gasteiger partial charge in [0.25, 0.3) is 0 Å². The fourth-order valence-corrected chi connectivity index (χ4v) is 5.66. The van der Waals surface area contributed by atoms with Gasteiger partial charge < -0.3 is 24.4 Å². The zero-order chi connectivity index (χ0) is 37.1. The fourth-order valence-electron chi connectivity index (χ4n) is 5.66. The highest BCUT2D eigenvalue weighted by Gasteiger charge is 2.13. The van der Waals surface area contributed by atoms with Gasteiger partial charge in [0.1, 0.15) is 6.61 Å². The molecule has 1 amide bonds. The Hall–Kier alpha value is -1.89. The monoisotopic (exact) mass is 717 g/mol. The number of nitrogens with zero attached hydrogens (tertiary/aromatic N) is 1. The van der Waals surface area contributed by atoms with Gasteiger partial charge in [0, 0.05) is 32.2 Å². The molecule has 0 rings (SSSR count). The van der Waals surface area contributed by atoms with E-state index in [0.29, 0.717) is 26.4 Å². The van der Waals surface area contributed by atoms with Gasteiger partial charge in [-0.2, -0.15) is 0 Å². The van der Waals surface area contributed by atoms with E-state index in [-0.39, 0.29) is 12.0 Å². The van der Waals surface area contributed by atoms with Crippen molar-refractivity contribution in [3.63, 3.8) is 0 Å². The molecule has 0 bridgehead atoms. The normalized spacial score (nSPS) is 12.8. The molecule has 0 fully saturated rings. The molecule has 0 aliphatic carbocycles. The van der Waals surface area contributed by atoms with E-state index in [1.54, 1.807) is 0 Å². The Labute approximate surface area is 317 Å². The number of alkyl carbamates (subject to hydrolysis) is 1. The van der Waals surface area contributed by atoms with E-state index in [1.807, 2.05) is 19.0 Å². The van der Waals surface area contributed by atoms with Crippen LogP contribution in [0.2, 0.25) is 0 Å². The van der Waals surface area contributed by atoms with Crippen molar-refractivity contribution in [1.29, 1.82) is 0 Å². The van der Waals surface area contributed by atoms with Gasteiger partial charge in [0.15, 0.2) is 0 Å². The second-order valence-corrected chi connectivity index (χ2v) is 14.5. The van der Waals surface area contributed by atoms with Gasteiger partial charge in [-0.05, 0) is 91.1 Å². The van der Waals surface area contributed by atoms with Crippen molar-refractivity contribution < 1.29 is 19.0 Å². The number of hydrogen-bond acceptors (Lipinski definition) is 5. The van der Waals surface area contributed by atoms with Crippen LogP contribution in [-0.2, 0) is 14.2 Å². The molecule has 0 aliphatic rings. The van der Waals surface area contributed by atoms with Gasteiger partial charge in [-0.1, -0.05) is 140 Å². The van der Waals surface area contributed by atoms with Crippen LogP contribution in [0.1, 0.15) is 168 Å². The lowest BCUT2D eigenvalue weighted by Crippen LogP contribution is -2.33. The molecule has 1 atom stereocenters. The molecule has 1 N–H and O–H groups in total. The molecule has 6 heteroatoms. The Morgan fingerprint density at radius 2 is 0.922 bits per heavy atom. The van der Waals surface area contributed by atoms with Crippen LogP contribution in [0.5, 0.6) is 0 Å². The van der Waals surface area contributed by atoms with Crippen LogP contribution in [0.25, 0.3) is 0 Å². The number of amides is 1. The average molecular weight is 717 g/mol. The first-order valence-electron chi connectivity index (χ1n) is 21.4. The lowest BCUT2D eigenvalue weighted by molar-refractivity contribution is 0.00891. The predicted molar refractivity (Wildman–Crippen MR) is 222 cm³/mol. The fraction of sp³-hybridized carbons (Fsp3) is 0.800. The van der Waals surface area contributed by atoms with Crippen molar-refractivity contribution in [3.05, 3.63) is 48.6 Å². The Kier molecular flexibility index (Phi) is 40.9. The van der Waals surface area contributed by atoms with Crippen LogP contribution in [0.15, 0.2) is 48.6 Å². The number of nitrogens with one attached hydrogen (secondary N) is 1. The van der Waals surface area contributed by atoms with E-state index in [9.17, 15) is 4.79 Å². The van der Waals surface area contributed by atoms with Gasteiger partial charge in [-0.15, -0.1) is 0 Å². The second-order valence-electron chi connectivity index (χ2n) is 14.5. The Balaban J connectivity index is 3.98. The number of unbranched alkanes of at least 4 members (excludes halogenated alkanes) is 18. The van der Waals surface area contributed by atoms with Crippen molar-refractivity contribution in [3.8, 4) is 0 Å². The van der Waals surface area contributed by atoms with Crippen molar-refractivity contribution in [1.82, 2.24) is 10.2 Å². The number of allylic oxidation sites excluding steroid dienone is 8. The van der Waals surface area contributed by atoms with Crippen LogP contribution in [0.4, 0.5) is 4.79 Å². The minimum absolute atomic E-state index is 0.0544. The summed E-state index contributed by atoms with van der Waals surface area (Å²) in [7, 11) is 3.98. The highest BCUT2D eigenvalue weighted by molar-refractivity contribution is 5.67. The maximum atomic E-state index is 12.2. The second kappa shape index (κ2) is 42.5. The number of rotatable bonds is 39. The lowest BCUT2D eigenvalue weighted by atomic mass is 10.1. The number of likely N-dealkylation sites (N-methyl/N-ethyl adjacent to an activating group) is 1. The Morgan fingerprint density at radius 3 is 1.33 bits per heavy atom. The summed E-state index contributed by atoms with van der Waals surface area (Å²) in [5.41, 5.74) is 0. The standard InChI is InChI=1S/C45H84N2O4/c1-5-7-9-11-13-15-17-19-21-23-25-27-29-31-33-35-39-49-41-44(43-51-45(48)46-37-38-47(3)4)42-50-40-36-34-32-30-28-26-24-22-20-18-16-14-12-10-8-6-2/h13-16,19-22,44H,5-12,17-18,23-43H2,1-4H3,(H,46,48)/b15-13-,16-14+,21-19-,22-20+. The highest BCUT2D eigenvalue weighted by atomic mass is 16.6. The largest absolute Gasteiger partial charge is 0.449 e. The Morgan fingerprint density at radius 1 is 0.529 bits per heavy atom. The number of carbonyl (C=O) groups is 1. The SMILES string of the molecule is CCCCC/C=C\C/C=C\CCCCCCCCOCC(COCCCCCCCC/C=C/C/C=C/CCCCC)COC(=O)NCCN(C)C. The average Bonchev–Trinajstić information content (AvgIpc) is 3.12. The molecular weight excluding hydrogens is 633 g/mol. The molecule has 0 aromatic rings. The highest BCUT2D eigenvalue weighted by Crippen LogP contribution is 2.11. The summed E-state index contributed by atoms with van der Waals surface area (Å²) in [5.74, 6) is 0.0544. The molecule has 51 heavy (non-hydrogen) atoms. The summed E-state index contributed by atoms with van der Waals surface area (Å²) in [5, 5.41) is 2.83. The lowest BCUT2D eigenvalue weighted by Gasteiger charge is -2.18. The molecule has 0 saturated heterocycles. The van der Waals surface area contributed by atoms with Gasteiger partial charge in [-0.3, -0.25) is 0 Å². The Bertz CT molecular complexity index is 771. The van der Waals surface area contributed by atoms with Gasteiger partial charge in [0.05, 0.1) is 13.2 Å². The molecule has 0 aromatic carbocycles. The van der Waals surface area contributed by atoms with E-state index in [1.165, 1.54) is 128 Å². The van der Waals surface area contributed by atoms with Gasteiger partial charge >= 0.3 is 6.09 Å². The number of ether oxygens (including phenoxy) is 3. The van der Waals surface area contributed by atoms with Crippen LogP contribution in [-0.4, -0.2) is 71.2 Å². The van der Waals surface area contributed by atoms with E-state index in [4.69, 9.17) is 14.2 Å². The van der Waals surface area contributed by atoms with Crippen LogP contribution >= 0.6 is 0 Å². The molecule has 0 aliphatic heterocycles. The first-order valence-corrected chi connectivity index (χ1v) is 21.4. The zero-order valence-electron chi connectivity index (χ0n) is 34.2. The first kappa shape index (κ1) is 49.1. The molecule has 6 nitrogen and oxygen atoms in total. The summed E-state index contributed by atoms with van der Waals surface area (Å²) in [6, 6.07) is 0. The van der Waals surface area contributed by atoms with Crippen LogP contribution in [0, 0.1) is 5.92 Å². The van der Waals surface area contributed by atoms with Crippen molar-refractivity contribution in [2.45, 2.75) is 168 Å². The third-order valence-corrected chi connectivity index (χ3v) is 8.96. The van der Waals surface area contributed by atoms with Gasteiger partial charge in [-0.25, -0.2) is 4.79 Å². The van der Waals surface area contributed by atoms with Crippen LogP contribution in [0.3, 0.4) is 0 Å². The molecule has 0 radical (unpaired) electrons. The zero-order valence-corrected chi connectivity index (χ0v) is 34.2. The van der Waals surface area contributed by atoms with E-state index >= 15 is 0 Å². The maximum Gasteiger partial charge on any atom is 0.407 e. The summed E-state index contributed by atoms with van der Waals surface area (Å²) in [6.45, 7) is 8.83. The van der Waals surface area contributed by atoms with E-state index in [0.717, 1.165) is 45.4 Å². The molecule has 298 valence electrons. The van der Waals surface area contributed by atoms with Crippen molar-refractivity contribution >= 4 is 6.09 Å². The number of carbonyl (C=O) groups excluding carboxylic acids is 1. The van der Waals surface area contributed by atoms with E-state index in [2.05, 4.69) is 67.8 Å². The van der Waals surface area contributed by atoms with Gasteiger partial charge in [0.2, 0.25) is 0 Å². The molecule has 1 unspecified atom stereocenters. The third kappa shape index (κ3) is 42.4. The van der Waals surface area contributed by atoms with Crippen LogP contribution < -0.4 is 5.32 Å². The molecule has 0 spiro atoms. The molecule has 0 saturated carbocycles. The summed E-state index contributed by atoms with van der Waals surface area (Å²) in [4.78, 5) is 14.2. The molecule has 0 aromatic heterocycles. The third-order valence-electron chi connectivity index (χ3n) is 8.96. The summed E-state index contributed by atoms with van der Waals surface area (Å²) in [6.07, 6.45) is 48.0. The summed E-state index contributed by atoms with van der Waals surface area (Å²) >= 11 is 0. The quantitative estimate of drug-likeness (QED) is 0.0507. The molecular formula is C45H84N2O4. The summed E-state index contributed by atoms with van der Waals surface area (Å²) < 4.78 is 17.6. The predicted octanol–water partition coefficient (Wildman–Crippen LogP) is 12.6. The minimum Gasteiger partial charge on any atom is -0.449 e. The smallest absolute Gasteiger partial charge is 0.407 e. The maximum absolute atomic E-state index is 12.2. The van der Waals surface area contributed by atoms with E-state index < -0.39 is 0 Å². The minimum atomic E-state index is -0.364. The van der Waals surface area contributed by atoms with Crippen molar-refractivity contribution in [2.24, 2.45) is 5.92 Å². The topological polar surface area (TPSA) is 60.0 Å². The van der Waals surface area contributed by atoms with Crippen molar-refractivity contribution in [2.75, 3.05) is 60.2 Å². The number of hydrogen-bond donors (Lipinski definition) is 1. The first-order chi connectivity index (χ1) is 25.1. The molecule has 0 heterocycles.